The molecule has 0 aliphatic carbocycles. The predicted octanol–water partition coefficient (Wildman–Crippen LogP) is 3.17. The number of aromatic nitrogens is 2. The molecule has 0 spiro atoms. The number of unbranched alkanes of at least 4 members (excludes halogenated alkanes) is 1. The van der Waals surface area contributed by atoms with Crippen LogP contribution < -0.4 is 5.32 Å². The van der Waals surface area contributed by atoms with E-state index in [9.17, 15) is 4.79 Å². The molecule has 1 N–H and O–H groups in total. The Kier molecular flexibility index (Phi) is 4.28. The Bertz CT molecular complexity index is 546. The van der Waals surface area contributed by atoms with Crippen LogP contribution in [0.25, 0.3) is 11.3 Å². The van der Waals surface area contributed by atoms with E-state index in [1.807, 2.05) is 38.1 Å². The summed E-state index contributed by atoms with van der Waals surface area (Å²) in [6, 6.07) is 7.81. The molecule has 1 heterocycles. The topological polar surface area (TPSA) is 68.0 Å². The van der Waals surface area contributed by atoms with Gasteiger partial charge in [-0.25, -0.2) is 4.63 Å². The average molecular weight is 259 g/mol. The molecule has 0 radical (unpaired) electrons. The largest absolute Gasteiger partial charge is 0.306 e. The third-order valence-corrected chi connectivity index (χ3v) is 2.83. The van der Waals surface area contributed by atoms with E-state index in [1.54, 1.807) is 0 Å². The van der Waals surface area contributed by atoms with Gasteiger partial charge in [0.05, 0.1) is 0 Å². The monoisotopic (exact) mass is 259 g/mol. The van der Waals surface area contributed by atoms with Crippen LogP contribution in [0.3, 0.4) is 0 Å². The molecule has 5 nitrogen and oxygen atoms in total. The number of hydrogen-bond donors (Lipinski definition) is 1. The highest BCUT2D eigenvalue weighted by molar-refractivity contribution is 5.92. The molecule has 0 unspecified atom stereocenters. The summed E-state index contributed by atoms with van der Waals surface area (Å²) in [6.45, 7) is 4.06. The lowest BCUT2D eigenvalue weighted by Crippen LogP contribution is -2.11. The Morgan fingerprint density at radius 3 is 2.68 bits per heavy atom. The molecular weight excluding hydrogens is 242 g/mol. The van der Waals surface area contributed by atoms with Crippen molar-refractivity contribution in [2.24, 2.45) is 0 Å². The van der Waals surface area contributed by atoms with Gasteiger partial charge in [0, 0.05) is 12.0 Å². The Balaban J connectivity index is 2.13. The Labute approximate surface area is 112 Å². The zero-order valence-electron chi connectivity index (χ0n) is 11.1. The van der Waals surface area contributed by atoms with Crippen LogP contribution in [0.5, 0.6) is 0 Å². The molecule has 1 amide bonds. The smallest absolute Gasteiger partial charge is 0.225 e. The first-order valence-electron chi connectivity index (χ1n) is 6.40. The molecule has 5 heteroatoms. The van der Waals surface area contributed by atoms with Crippen molar-refractivity contribution in [2.45, 2.75) is 33.1 Å². The number of carbonyl (C=O) groups excluding carboxylic acids is 1. The summed E-state index contributed by atoms with van der Waals surface area (Å²) in [7, 11) is 0. The molecule has 0 saturated carbocycles. The maximum absolute atomic E-state index is 11.7. The van der Waals surface area contributed by atoms with Gasteiger partial charge >= 0.3 is 0 Å². The zero-order chi connectivity index (χ0) is 13.7. The molecule has 1 aromatic heterocycles. The van der Waals surface area contributed by atoms with Crippen molar-refractivity contribution in [1.29, 1.82) is 0 Å². The summed E-state index contributed by atoms with van der Waals surface area (Å²) in [6.07, 6.45) is 2.32. The van der Waals surface area contributed by atoms with Crippen LogP contribution in [-0.2, 0) is 4.79 Å². The van der Waals surface area contributed by atoms with Gasteiger partial charge in [-0.05, 0) is 23.7 Å². The van der Waals surface area contributed by atoms with Crippen molar-refractivity contribution < 1.29 is 9.42 Å². The number of benzene rings is 1. The molecule has 2 aromatic rings. The number of aryl methyl sites for hydroxylation is 1. The molecule has 1 aromatic carbocycles. The summed E-state index contributed by atoms with van der Waals surface area (Å²) < 4.78 is 4.72. The Hall–Kier alpha value is -2.17. The van der Waals surface area contributed by atoms with E-state index < -0.39 is 0 Å². The first kappa shape index (κ1) is 13.3. The van der Waals surface area contributed by atoms with Gasteiger partial charge < -0.3 is 5.32 Å². The van der Waals surface area contributed by atoms with Crippen LogP contribution in [0.2, 0.25) is 0 Å². The maximum Gasteiger partial charge on any atom is 0.225 e. The van der Waals surface area contributed by atoms with E-state index >= 15 is 0 Å². The van der Waals surface area contributed by atoms with Gasteiger partial charge in [0.15, 0.2) is 5.69 Å². The molecule has 0 aliphatic rings. The number of anilines is 1. The molecule has 0 fully saturated rings. The number of hydrogen-bond acceptors (Lipinski definition) is 4. The number of carbonyl (C=O) groups is 1. The minimum absolute atomic E-state index is 0.0640. The summed E-state index contributed by atoms with van der Waals surface area (Å²) in [5.41, 5.74) is 2.59. The molecule has 0 saturated heterocycles. The SMILES string of the molecule is CCCCC(=O)Nc1nonc1-c1ccc(C)cc1. The van der Waals surface area contributed by atoms with Crippen molar-refractivity contribution in [3.8, 4) is 11.3 Å². The van der Waals surface area contributed by atoms with Gasteiger partial charge in [-0.1, -0.05) is 43.2 Å². The molecular formula is C14H17N3O2. The van der Waals surface area contributed by atoms with Crippen molar-refractivity contribution in [2.75, 3.05) is 5.32 Å². The van der Waals surface area contributed by atoms with Gasteiger partial charge in [0.25, 0.3) is 0 Å². The zero-order valence-corrected chi connectivity index (χ0v) is 11.1. The van der Waals surface area contributed by atoms with Crippen LogP contribution in [0, 0.1) is 6.92 Å². The van der Waals surface area contributed by atoms with Crippen molar-refractivity contribution in [3.05, 3.63) is 29.8 Å². The lowest BCUT2D eigenvalue weighted by molar-refractivity contribution is -0.116. The summed E-state index contributed by atoms with van der Waals surface area (Å²) in [5.74, 6) is 0.316. The Morgan fingerprint density at radius 1 is 1.26 bits per heavy atom. The van der Waals surface area contributed by atoms with Gasteiger partial charge in [-0.15, -0.1) is 0 Å². The van der Waals surface area contributed by atoms with Gasteiger partial charge in [-0.3, -0.25) is 4.79 Å². The van der Waals surface area contributed by atoms with Crippen molar-refractivity contribution in [3.63, 3.8) is 0 Å². The van der Waals surface area contributed by atoms with Crippen molar-refractivity contribution in [1.82, 2.24) is 10.3 Å². The Morgan fingerprint density at radius 2 is 2.00 bits per heavy atom. The second-order valence-electron chi connectivity index (χ2n) is 4.48. The summed E-state index contributed by atoms with van der Waals surface area (Å²) in [4.78, 5) is 11.7. The van der Waals surface area contributed by atoms with E-state index in [0.717, 1.165) is 24.0 Å². The lowest BCUT2D eigenvalue weighted by Gasteiger charge is -2.02. The number of nitrogens with one attached hydrogen (secondary N) is 1. The standard InChI is InChI=1S/C14H17N3O2/c1-3-4-5-12(18)15-14-13(16-19-17-14)11-8-6-10(2)7-9-11/h6-9H,3-5H2,1-2H3,(H,15,17,18). The predicted molar refractivity (Wildman–Crippen MR) is 72.6 cm³/mol. The fourth-order valence-corrected chi connectivity index (χ4v) is 1.70. The molecule has 0 aliphatic heterocycles. The van der Waals surface area contributed by atoms with E-state index in [0.29, 0.717) is 17.9 Å². The fourth-order valence-electron chi connectivity index (χ4n) is 1.70. The van der Waals surface area contributed by atoms with Crippen LogP contribution >= 0.6 is 0 Å². The number of nitrogens with zero attached hydrogens (tertiary/aromatic N) is 2. The number of rotatable bonds is 5. The maximum atomic E-state index is 11.7. The second kappa shape index (κ2) is 6.13. The summed E-state index contributed by atoms with van der Waals surface area (Å²) >= 11 is 0. The van der Waals surface area contributed by atoms with Crippen LogP contribution in [0.1, 0.15) is 31.7 Å². The first-order chi connectivity index (χ1) is 9.20. The van der Waals surface area contributed by atoms with Crippen LogP contribution in [0.4, 0.5) is 5.82 Å². The van der Waals surface area contributed by atoms with E-state index in [-0.39, 0.29) is 5.91 Å². The third kappa shape index (κ3) is 3.40. The lowest BCUT2D eigenvalue weighted by atomic mass is 10.1. The third-order valence-electron chi connectivity index (χ3n) is 2.83. The average Bonchev–Trinajstić information content (AvgIpc) is 2.85. The molecule has 2 rings (SSSR count). The minimum atomic E-state index is -0.0640. The van der Waals surface area contributed by atoms with Gasteiger partial charge in [0.2, 0.25) is 11.7 Å². The molecule has 100 valence electrons. The highest BCUT2D eigenvalue weighted by atomic mass is 16.6. The molecule has 0 atom stereocenters. The highest BCUT2D eigenvalue weighted by Gasteiger charge is 2.14. The van der Waals surface area contributed by atoms with Gasteiger partial charge in [-0.2, -0.15) is 0 Å². The molecule has 0 bridgehead atoms. The number of amides is 1. The van der Waals surface area contributed by atoms with E-state index in [4.69, 9.17) is 4.63 Å². The van der Waals surface area contributed by atoms with Crippen LogP contribution in [0.15, 0.2) is 28.9 Å². The van der Waals surface area contributed by atoms with Gasteiger partial charge in [0.1, 0.15) is 0 Å². The van der Waals surface area contributed by atoms with E-state index in [1.165, 1.54) is 0 Å². The van der Waals surface area contributed by atoms with E-state index in [2.05, 4.69) is 15.6 Å². The van der Waals surface area contributed by atoms with Crippen LogP contribution in [-0.4, -0.2) is 16.2 Å². The first-order valence-corrected chi connectivity index (χ1v) is 6.40. The fraction of sp³-hybridized carbons (Fsp3) is 0.357. The highest BCUT2D eigenvalue weighted by Crippen LogP contribution is 2.24. The quantitative estimate of drug-likeness (QED) is 0.895. The minimum Gasteiger partial charge on any atom is -0.306 e. The van der Waals surface area contributed by atoms with Crippen molar-refractivity contribution >= 4 is 11.7 Å². The normalized spacial score (nSPS) is 10.4. The molecule has 19 heavy (non-hydrogen) atoms. The summed E-state index contributed by atoms with van der Waals surface area (Å²) in [5, 5.41) is 10.3. The second-order valence-corrected chi connectivity index (χ2v) is 4.48.